The maximum Gasteiger partial charge on any atom is 0.251 e. The summed E-state index contributed by atoms with van der Waals surface area (Å²) in [6.07, 6.45) is 5.63. The van der Waals surface area contributed by atoms with E-state index in [1.165, 1.54) is 6.42 Å². The Balaban J connectivity index is 1.29. The van der Waals surface area contributed by atoms with Crippen molar-refractivity contribution in [3.8, 4) is 5.75 Å². The Morgan fingerprint density at radius 1 is 0.853 bits per heavy atom. The fraction of sp³-hybridized carbons (Fsp3) is 0.286. The van der Waals surface area contributed by atoms with E-state index in [1.54, 1.807) is 24.3 Å². The fourth-order valence-corrected chi connectivity index (χ4v) is 4.11. The van der Waals surface area contributed by atoms with Gasteiger partial charge in [0, 0.05) is 17.3 Å². The Bertz CT molecular complexity index is 1090. The van der Waals surface area contributed by atoms with E-state index in [0.717, 1.165) is 36.9 Å². The van der Waals surface area contributed by atoms with Crippen molar-refractivity contribution in [3.05, 3.63) is 90.0 Å². The van der Waals surface area contributed by atoms with Gasteiger partial charge in [0.25, 0.3) is 5.91 Å². The van der Waals surface area contributed by atoms with Gasteiger partial charge in [-0.25, -0.2) is 0 Å². The first-order valence-electron chi connectivity index (χ1n) is 11.9. The molecule has 6 nitrogen and oxygen atoms in total. The molecular formula is C28H31N3O3. The SMILES string of the molecule is O=C(CNc1ccccc1OCc1ccccc1)Nc1cccc(C(=O)NC2CCCCC2)c1. The van der Waals surface area contributed by atoms with E-state index in [1.807, 2.05) is 54.6 Å². The second kappa shape index (κ2) is 11.9. The molecule has 1 aliphatic rings. The van der Waals surface area contributed by atoms with Gasteiger partial charge < -0.3 is 20.7 Å². The maximum atomic E-state index is 12.6. The number of benzene rings is 3. The third-order valence-corrected chi connectivity index (χ3v) is 5.91. The molecule has 0 aliphatic heterocycles. The summed E-state index contributed by atoms with van der Waals surface area (Å²) in [5, 5.41) is 9.13. The first-order chi connectivity index (χ1) is 16.7. The van der Waals surface area contributed by atoms with E-state index < -0.39 is 0 Å². The first kappa shape index (κ1) is 23.4. The number of ether oxygens (including phenoxy) is 1. The minimum atomic E-state index is -0.206. The summed E-state index contributed by atoms with van der Waals surface area (Å²) in [6, 6.07) is 24.8. The topological polar surface area (TPSA) is 79.5 Å². The van der Waals surface area contributed by atoms with Crippen molar-refractivity contribution in [1.82, 2.24) is 5.32 Å². The van der Waals surface area contributed by atoms with E-state index in [9.17, 15) is 9.59 Å². The lowest BCUT2D eigenvalue weighted by Gasteiger charge is -2.22. The molecule has 0 bridgehead atoms. The Morgan fingerprint density at radius 2 is 1.62 bits per heavy atom. The Hall–Kier alpha value is -3.80. The molecular weight excluding hydrogens is 426 g/mol. The molecule has 34 heavy (non-hydrogen) atoms. The van der Waals surface area contributed by atoms with Gasteiger partial charge in [0.05, 0.1) is 12.2 Å². The van der Waals surface area contributed by atoms with Gasteiger partial charge in [-0.2, -0.15) is 0 Å². The van der Waals surface area contributed by atoms with Crippen LogP contribution in [0.4, 0.5) is 11.4 Å². The number of anilines is 2. The number of carbonyl (C=O) groups is 2. The summed E-state index contributed by atoms with van der Waals surface area (Å²) in [6.45, 7) is 0.519. The lowest BCUT2D eigenvalue weighted by molar-refractivity contribution is -0.114. The van der Waals surface area contributed by atoms with Crippen molar-refractivity contribution in [3.63, 3.8) is 0 Å². The number of para-hydroxylation sites is 2. The highest BCUT2D eigenvalue weighted by atomic mass is 16.5. The maximum absolute atomic E-state index is 12.6. The van der Waals surface area contributed by atoms with Gasteiger partial charge in [0.2, 0.25) is 5.91 Å². The average Bonchev–Trinajstić information content (AvgIpc) is 2.88. The van der Waals surface area contributed by atoms with Crippen LogP contribution in [0, 0.1) is 0 Å². The van der Waals surface area contributed by atoms with Crippen LogP contribution in [0.25, 0.3) is 0 Å². The van der Waals surface area contributed by atoms with Crippen LogP contribution in [-0.4, -0.2) is 24.4 Å². The largest absolute Gasteiger partial charge is 0.487 e. The van der Waals surface area contributed by atoms with Gasteiger partial charge in [-0.1, -0.05) is 67.8 Å². The number of hydrogen-bond acceptors (Lipinski definition) is 4. The Kier molecular flexibility index (Phi) is 8.17. The minimum absolute atomic E-state index is 0.0736. The number of carbonyl (C=O) groups excluding carboxylic acids is 2. The first-order valence-corrected chi connectivity index (χ1v) is 11.9. The highest BCUT2D eigenvalue weighted by molar-refractivity contribution is 5.98. The van der Waals surface area contributed by atoms with Crippen molar-refractivity contribution in [2.75, 3.05) is 17.2 Å². The van der Waals surface area contributed by atoms with Gasteiger partial charge in [-0.3, -0.25) is 9.59 Å². The summed E-state index contributed by atoms with van der Waals surface area (Å²) in [5.41, 5.74) is 2.96. The summed E-state index contributed by atoms with van der Waals surface area (Å²) in [4.78, 5) is 25.2. The lowest BCUT2D eigenvalue weighted by atomic mass is 9.95. The van der Waals surface area contributed by atoms with Gasteiger partial charge in [-0.05, 0) is 48.7 Å². The third-order valence-electron chi connectivity index (χ3n) is 5.91. The van der Waals surface area contributed by atoms with Crippen LogP contribution in [-0.2, 0) is 11.4 Å². The second-order valence-corrected chi connectivity index (χ2v) is 8.56. The predicted octanol–water partition coefficient (Wildman–Crippen LogP) is 5.38. The number of nitrogens with one attached hydrogen (secondary N) is 3. The normalized spacial score (nSPS) is 13.6. The molecule has 176 valence electrons. The van der Waals surface area contributed by atoms with E-state index in [0.29, 0.717) is 23.6 Å². The van der Waals surface area contributed by atoms with E-state index in [4.69, 9.17) is 4.74 Å². The smallest absolute Gasteiger partial charge is 0.251 e. The van der Waals surface area contributed by atoms with Crippen molar-refractivity contribution < 1.29 is 14.3 Å². The molecule has 0 heterocycles. The van der Waals surface area contributed by atoms with Crippen molar-refractivity contribution in [2.45, 2.75) is 44.8 Å². The van der Waals surface area contributed by atoms with Crippen LogP contribution >= 0.6 is 0 Å². The fourth-order valence-electron chi connectivity index (χ4n) is 4.11. The van der Waals surface area contributed by atoms with Crippen molar-refractivity contribution >= 4 is 23.2 Å². The van der Waals surface area contributed by atoms with Crippen LogP contribution in [0.15, 0.2) is 78.9 Å². The monoisotopic (exact) mass is 457 g/mol. The predicted molar refractivity (Wildman–Crippen MR) is 135 cm³/mol. The van der Waals surface area contributed by atoms with Gasteiger partial charge in [0.15, 0.2) is 0 Å². The molecule has 3 aromatic carbocycles. The Labute approximate surface area is 200 Å². The molecule has 0 aromatic heterocycles. The molecule has 0 saturated heterocycles. The summed E-state index contributed by atoms with van der Waals surface area (Å²) in [5.74, 6) is 0.383. The van der Waals surface area contributed by atoms with Crippen molar-refractivity contribution in [1.29, 1.82) is 0 Å². The summed E-state index contributed by atoms with van der Waals surface area (Å²) < 4.78 is 5.94. The van der Waals surface area contributed by atoms with Gasteiger partial charge in [0.1, 0.15) is 12.4 Å². The highest BCUT2D eigenvalue weighted by Crippen LogP contribution is 2.24. The van der Waals surface area contributed by atoms with Crippen LogP contribution in [0.2, 0.25) is 0 Å². The van der Waals surface area contributed by atoms with Crippen LogP contribution in [0.5, 0.6) is 5.75 Å². The standard InChI is InChI=1S/C28H31N3O3/c32-27(19-29-25-16-7-8-17-26(25)34-20-21-10-3-1-4-11-21)30-24-15-9-12-22(18-24)28(33)31-23-13-5-2-6-14-23/h1,3-4,7-12,15-18,23,29H,2,5-6,13-14,19-20H2,(H,30,32)(H,31,33). The van der Waals surface area contributed by atoms with Gasteiger partial charge in [-0.15, -0.1) is 0 Å². The third kappa shape index (κ3) is 6.85. The van der Waals surface area contributed by atoms with Crippen LogP contribution < -0.4 is 20.7 Å². The average molecular weight is 458 g/mol. The van der Waals surface area contributed by atoms with E-state index in [-0.39, 0.29) is 24.4 Å². The molecule has 0 radical (unpaired) electrons. The minimum Gasteiger partial charge on any atom is -0.487 e. The second-order valence-electron chi connectivity index (χ2n) is 8.56. The molecule has 4 rings (SSSR count). The van der Waals surface area contributed by atoms with Crippen LogP contribution in [0.3, 0.4) is 0 Å². The zero-order valence-electron chi connectivity index (χ0n) is 19.3. The zero-order chi connectivity index (χ0) is 23.6. The van der Waals surface area contributed by atoms with E-state index >= 15 is 0 Å². The Morgan fingerprint density at radius 3 is 2.44 bits per heavy atom. The highest BCUT2D eigenvalue weighted by Gasteiger charge is 2.17. The molecule has 0 atom stereocenters. The molecule has 2 amide bonds. The number of rotatable bonds is 9. The molecule has 1 fully saturated rings. The zero-order valence-corrected chi connectivity index (χ0v) is 19.3. The molecule has 0 spiro atoms. The quantitative estimate of drug-likeness (QED) is 0.403. The molecule has 1 aliphatic carbocycles. The number of amides is 2. The summed E-state index contributed by atoms with van der Waals surface area (Å²) >= 11 is 0. The summed E-state index contributed by atoms with van der Waals surface area (Å²) in [7, 11) is 0. The molecule has 0 unspecified atom stereocenters. The molecule has 6 heteroatoms. The molecule has 3 aromatic rings. The van der Waals surface area contributed by atoms with Crippen molar-refractivity contribution in [2.24, 2.45) is 0 Å². The number of hydrogen-bond donors (Lipinski definition) is 3. The van der Waals surface area contributed by atoms with Crippen LogP contribution in [0.1, 0.15) is 48.0 Å². The van der Waals surface area contributed by atoms with E-state index in [2.05, 4.69) is 16.0 Å². The molecule has 3 N–H and O–H groups in total. The van der Waals surface area contributed by atoms with Gasteiger partial charge >= 0.3 is 0 Å². The molecule has 1 saturated carbocycles. The lowest BCUT2D eigenvalue weighted by Crippen LogP contribution is -2.36.